The highest BCUT2D eigenvalue weighted by Crippen LogP contribution is 2.27. The molecule has 0 bridgehead atoms. The third-order valence-electron chi connectivity index (χ3n) is 5.36. The fourth-order valence-corrected chi connectivity index (χ4v) is 3.88. The molecular weight excluding hydrogens is 330 g/mol. The second-order valence-electron chi connectivity index (χ2n) is 8.97. The van der Waals surface area contributed by atoms with E-state index in [1.165, 1.54) is 4.90 Å². The molecule has 0 unspecified atom stereocenters. The molecule has 0 aromatic heterocycles. The number of carbonyl (C=O) groups is 3. The minimum atomic E-state index is -0.137. The summed E-state index contributed by atoms with van der Waals surface area (Å²) in [6, 6.07) is -0.137. The Morgan fingerprint density at radius 1 is 1.00 bits per heavy atom. The normalized spacial score (nSPS) is 18.8. The van der Waals surface area contributed by atoms with Crippen molar-refractivity contribution >= 4 is 17.8 Å². The SMILES string of the molecule is CC(C)CCCN1C(=O)CN(CC(C)(C)CCCN2CCCC2=O)C1=O. The van der Waals surface area contributed by atoms with Crippen molar-refractivity contribution < 1.29 is 14.4 Å². The van der Waals surface area contributed by atoms with Crippen molar-refractivity contribution in [3.63, 3.8) is 0 Å². The van der Waals surface area contributed by atoms with Crippen molar-refractivity contribution in [1.29, 1.82) is 0 Å². The predicted molar refractivity (Wildman–Crippen MR) is 102 cm³/mol. The van der Waals surface area contributed by atoms with E-state index >= 15 is 0 Å². The van der Waals surface area contributed by atoms with E-state index in [1.54, 1.807) is 4.90 Å². The van der Waals surface area contributed by atoms with Gasteiger partial charge in [-0.3, -0.25) is 14.5 Å². The minimum Gasteiger partial charge on any atom is -0.343 e. The molecule has 2 fully saturated rings. The van der Waals surface area contributed by atoms with Gasteiger partial charge in [0, 0.05) is 32.6 Å². The average Bonchev–Trinajstić information content (AvgIpc) is 3.05. The Morgan fingerprint density at radius 2 is 1.73 bits per heavy atom. The molecule has 4 amide bonds. The summed E-state index contributed by atoms with van der Waals surface area (Å²) in [6.07, 6.45) is 5.42. The first-order chi connectivity index (χ1) is 12.2. The first kappa shape index (κ1) is 20.7. The average molecular weight is 366 g/mol. The van der Waals surface area contributed by atoms with Crippen LogP contribution in [0.4, 0.5) is 4.79 Å². The zero-order valence-corrected chi connectivity index (χ0v) is 16.9. The zero-order valence-electron chi connectivity index (χ0n) is 16.9. The Kier molecular flexibility index (Phi) is 7.07. The van der Waals surface area contributed by atoms with Crippen LogP contribution in [-0.4, -0.2) is 65.3 Å². The van der Waals surface area contributed by atoms with E-state index in [0.717, 1.165) is 45.2 Å². The van der Waals surface area contributed by atoms with Gasteiger partial charge < -0.3 is 9.80 Å². The third kappa shape index (κ3) is 5.71. The standard InChI is InChI=1S/C20H35N3O3/c1-16(2)8-5-13-23-18(25)14-22(19(23)26)15-20(3,4)10-7-12-21-11-6-9-17(21)24/h16H,5-15H2,1-4H3. The molecule has 0 radical (unpaired) electrons. The minimum absolute atomic E-state index is 0.0628. The van der Waals surface area contributed by atoms with Crippen LogP contribution < -0.4 is 0 Å². The van der Waals surface area contributed by atoms with Crippen molar-refractivity contribution in [2.24, 2.45) is 11.3 Å². The van der Waals surface area contributed by atoms with Crippen molar-refractivity contribution in [3.05, 3.63) is 0 Å². The van der Waals surface area contributed by atoms with E-state index < -0.39 is 0 Å². The summed E-state index contributed by atoms with van der Waals surface area (Å²) in [4.78, 5) is 41.5. The van der Waals surface area contributed by atoms with Gasteiger partial charge in [-0.15, -0.1) is 0 Å². The molecule has 2 aliphatic rings. The zero-order chi connectivity index (χ0) is 19.3. The number of imide groups is 1. The molecule has 0 aromatic rings. The van der Waals surface area contributed by atoms with Gasteiger partial charge in [0.2, 0.25) is 11.8 Å². The molecule has 2 saturated heterocycles. The number of likely N-dealkylation sites (tertiary alicyclic amines) is 1. The van der Waals surface area contributed by atoms with Crippen molar-refractivity contribution in [2.45, 2.75) is 66.2 Å². The summed E-state index contributed by atoms with van der Waals surface area (Å²) >= 11 is 0. The lowest BCUT2D eigenvalue weighted by Gasteiger charge is -2.30. The molecule has 6 nitrogen and oxygen atoms in total. The lowest BCUT2D eigenvalue weighted by molar-refractivity contribution is -0.128. The van der Waals surface area contributed by atoms with Crippen molar-refractivity contribution in [1.82, 2.24) is 14.7 Å². The largest absolute Gasteiger partial charge is 0.343 e. The number of rotatable bonds is 10. The number of carbonyl (C=O) groups excluding carboxylic acids is 3. The van der Waals surface area contributed by atoms with E-state index in [1.807, 2.05) is 4.90 Å². The number of amides is 4. The van der Waals surface area contributed by atoms with E-state index in [0.29, 0.717) is 25.4 Å². The van der Waals surface area contributed by atoms with Gasteiger partial charge in [-0.25, -0.2) is 4.79 Å². The molecule has 6 heteroatoms. The van der Waals surface area contributed by atoms with Crippen LogP contribution in [0.3, 0.4) is 0 Å². The van der Waals surface area contributed by atoms with Crippen LogP contribution in [0.2, 0.25) is 0 Å². The Labute approximate surface area is 157 Å². The molecule has 0 N–H and O–H groups in total. The van der Waals surface area contributed by atoms with Gasteiger partial charge in [0.15, 0.2) is 0 Å². The van der Waals surface area contributed by atoms with Crippen LogP contribution in [0.25, 0.3) is 0 Å². The molecule has 0 aromatic carbocycles. The lowest BCUT2D eigenvalue weighted by Crippen LogP contribution is -2.39. The molecule has 0 atom stereocenters. The smallest absolute Gasteiger partial charge is 0.327 e. The van der Waals surface area contributed by atoms with Crippen LogP contribution in [0.1, 0.15) is 66.2 Å². The summed E-state index contributed by atoms with van der Waals surface area (Å²) in [5.74, 6) is 0.776. The summed E-state index contributed by atoms with van der Waals surface area (Å²) in [5.41, 5.74) is -0.0628. The summed E-state index contributed by atoms with van der Waals surface area (Å²) in [5, 5.41) is 0. The van der Waals surface area contributed by atoms with E-state index in [2.05, 4.69) is 27.7 Å². The molecular formula is C20H35N3O3. The van der Waals surface area contributed by atoms with Gasteiger partial charge in [0.05, 0.1) is 0 Å². The molecule has 0 saturated carbocycles. The Morgan fingerprint density at radius 3 is 2.35 bits per heavy atom. The van der Waals surface area contributed by atoms with Crippen LogP contribution in [-0.2, 0) is 9.59 Å². The lowest BCUT2D eigenvalue weighted by atomic mass is 9.87. The highest BCUT2D eigenvalue weighted by molar-refractivity contribution is 6.02. The van der Waals surface area contributed by atoms with Gasteiger partial charge in [-0.1, -0.05) is 27.7 Å². The number of hydrogen-bond donors (Lipinski definition) is 0. The molecule has 2 heterocycles. The molecule has 0 spiro atoms. The van der Waals surface area contributed by atoms with E-state index in [-0.39, 0.29) is 29.8 Å². The van der Waals surface area contributed by atoms with Gasteiger partial charge in [-0.05, 0) is 43.4 Å². The fourth-order valence-electron chi connectivity index (χ4n) is 3.88. The maximum absolute atomic E-state index is 12.6. The molecule has 2 rings (SSSR count). The maximum atomic E-state index is 12.6. The Balaban J connectivity index is 1.77. The third-order valence-corrected chi connectivity index (χ3v) is 5.36. The monoisotopic (exact) mass is 365 g/mol. The van der Waals surface area contributed by atoms with Gasteiger partial charge in [0.25, 0.3) is 0 Å². The topological polar surface area (TPSA) is 60.9 Å². The molecule has 0 aliphatic carbocycles. The summed E-state index contributed by atoms with van der Waals surface area (Å²) in [6.45, 7) is 11.6. The predicted octanol–water partition coefficient (Wildman–Crippen LogP) is 3.12. The molecule has 148 valence electrons. The highest BCUT2D eigenvalue weighted by atomic mass is 16.2. The van der Waals surface area contributed by atoms with Crippen LogP contribution >= 0.6 is 0 Å². The highest BCUT2D eigenvalue weighted by Gasteiger charge is 2.38. The second-order valence-corrected chi connectivity index (χ2v) is 8.97. The van der Waals surface area contributed by atoms with Crippen LogP contribution in [0, 0.1) is 11.3 Å². The van der Waals surface area contributed by atoms with Gasteiger partial charge in [-0.2, -0.15) is 0 Å². The number of hydrogen-bond acceptors (Lipinski definition) is 3. The first-order valence-electron chi connectivity index (χ1n) is 10.1. The summed E-state index contributed by atoms with van der Waals surface area (Å²) in [7, 11) is 0. The molecule has 26 heavy (non-hydrogen) atoms. The number of nitrogens with zero attached hydrogens (tertiary/aromatic N) is 3. The summed E-state index contributed by atoms with van der Waals surface area (Å²) < 4.78 is 0. The van der Waals surface area contributed by atoms with Gasteiger partial charge >= 0.3 is 6.03 Å². The second kappa shape index (κ2) is 8.87. The molecule has 2 aliphatic heterocycles. The van der Waals surface area contributed by atoms with Crippen molar-refractivity contribution in [2.75, 3.05) is 32.7 Å². The van der Waals surface area contributed by atoms with E-state index in [9.17, 15) is 14.4 Å². The fraction of sp³-hybridized carbons (Fsp3) is 0.850. The number of urea groups is 1. The Hall–Kier alpha value is -1.59. The quantitative estimate of drug-likeness (QED) is 0.559. The van der Waals surface area contributed by atoms with E-state index in [4.69, 9.17) is 0 Å². The Bertz CT molecular complexity index is 530. The van der Waals surface area contributed by atoms with Crippen LogP contribution in [0.5, 0.6) is 0 Å². The van der Waals surface area contributed by atoms with Crippen LogP contribution in [0.15, 0.2) is 0 Å². The van der Waals surface area contributed by atoms with Gasteiger partial charge in [0.1, 0.15) is 6.54 Å². The first-order valence-corrected chi connectivity index (χ1v) is 10.1. The van der Waals surface area contributed by atoms with Crippen molar-refractivity contribution in [3.8, 4) is 0 Å². The maximum Gasteiger partial charge on any atom is 0.327 e.